The molecule has 3 atom stereocenters. The summed E-state index contributed by atoms with van der Waals surface area (Å²) < 4.78 is 6.22. The summed E-state index contributed by atoms with van der Waals surface area (Å²) >= 11 is 0. The van der Waals surface area contributed by atoms with E-state index >= 15 is 0 Å². The van der Waals surface area contributed by atoms with Gasteiger partial charge in [0.25, 0.3) is 5.91 Å². The van der Waals surface area contributed by atoms with E-state index in [0.717, 1.165) is 23.7 Å². The average Bonchev–Trinajstić information content (AvgIpc) is 2.79. The summed E-state index contributed by atoms with van der Waals surface area (Å²) in [6.45, 7) is 1.65. The van der Waals surface area contributed by atoms with Gasteiger partial charge in [-0.3, -0.25) is 9.69 Å². The van der Waals surface area contributed by atoms with Crippen molar-refractivity contribution in [3.8, 4) is 0 Å². The van der Waals surface area contributed by atoms with Gasteiger partial charge in [0.2, 0.25) is 0 Å². The molecule has 2 fully saturated rings. The summed E-state index contributed by atoms with van der Waals surface area (Å²) in [4.78, 5) is 15.5. The first kappa shape index (κ1) is 18.3. The SMILES string of the molecule is O=C(NC1OCC(c2ccccc2)N2CCCCC12)c1ccc2ccccc2c1. The van der Waals surface area contributed by atoms with Gasteiger partial charge in [-0.2, -0.15) is 0 Å². The summed E-state index contributed by atoms with van der Waals surface area (Å²) in [5.74, 6) is -0.0653. The van der Waals surface area contributed by atoms with Crippen molar-refractivity contribution in [1.29, 1.82) is 0 Å². The van der Waals surface area contributed by atoms with Gasteiger partial charge < -0.3 is 10.1 Å². The Balaban J connectivity index is 1.35. The van der Waals surface area contributed by atoms with E-state index < -0.39 is 0 Å². The number of hydrogen-bond acceptors (Lipinski definition) is 3. The van der Waals surface area contributed by atoms with Crippen molar-refractivity contribution in [3.05, 3.63) is 83.9 Å². The first-order chi connectivity index (χ1) is 14.3. The molecular weight excluding hydrogens is 360 g/mol. The molecule has 4 nitrogen and oxygen atoms in total. The molecule has 29 heavy (non-hydrogen) atoms. The minimum absolute atomic E-state index is 0.0653. The van der Waals surface area contributed by atoms with Crippen LogP contribution in [0.15, 0.2) is 72.8 Å². The molecule has 3 aromatic rings. The Morgan fingerprint density at radius 3 is 2.59 bits per heavy atom. The zero-order chi connectivity index (χ0) is 19.6. The van der Waals surface area contributed by atoms with E-state index in [-0.39, 0.29) is 24.2 Å². The number of hydrogen-bond donors (Lipinski definition) is 1. The monoisotopic (exact) mass is 386 g/mol. The molecule has 0 saturated carbocycles. The van der Waals surface area contributed by atoms with Crippen molar-refractivity contribution in [2.45, 2.75) is 37.6 Å². The van der Waals surface area contributed by atoms with E-state index in [2.05, 4.69) is 40.5 Å². The van der Waals surface area contributed by atoms with Crippen LogP contribution in [0.25, 0.3) is 10.8 Å². The van der Waals surface area contributed by atoms with Crippen molar-refractivity contribution < 1.29 is 9.53 Å². The Morgan fingerprint density at radius 1 is 0.931 bits per heavy atom. The molecule has 2 aliphatic heterocycles. The zero-order valence-electron chi connectivity index (χ0n) is 16.5. The molecule has 0 bridgehead atoms. The topological polar surface area (TPSA) is 41.6 Å². The molecule has 0 radical (unpaired) electrons. The molecule has 2 saturated heterocycles. The van der Waals surface area contributed by atoms with Gasteiger partial charge in [-0.1, -0.05) is 67.1 Å². The highest BCUT2D eigenvalue weighted by molar-refractivity contribution is 5.98. The third kappa shape index (κ3) is 3.66. The van der Waals surface area contributed by atoms with E-state index in [0.29, 0.717) is 12.2 Å². The van der Waals surface area contributed by atoms with E-state index in [1.807, 2.05) is 42.5 Å². The van der Waals surface area contributed by atoms with Crippen LogP contribution in [0, 0.1) is 0 Å². The van der Waals surface area contributed by atoms with Gasteiger partial charge in [0.1, 0.15) is 6.23 Å². The summed E-state index contributed by atoms with van der Waals surface area (Å²) in [5, 5.41) is 5.39. The molecule has 2 aliphatic rings. The number of carbonyl (C=O) groups excluding carboxylic acids is 1. The largest absolute Gasteiger partial charge is 0.355 e. The highest BCUT2D eigenvalue weighted by Crippen LogP contribution is 2.34. The maximum absolute atomic E-state index is 13.0. The lowest BCUT2D eigenvalue weighted by molar-refractivity contribution is -0.125. The number of amides is 1. The lowest BCUT2D eigenvalue weighted by Crippen LogP contribution is -2.60. The first-order valence-corrected chi connectivity index (χ1v) is 10.5. The standard InChI is InChI=1S/C25H26N2O2/c28-24(21-14-13-18-8-4-5-11-20(18)16-21)26-25-22-12-6-7-15-27(22)23(17-29-25)19-9-2-1-3-10-19/h1-5,8-11,13-14,16,22-23,25H,6-7,12,15,17H2,(H,26,28). The van der Waals surface area contributed by atoms with Crippen LogP contribution >= 0.6 is 0 Å². The van der Waals surface area contributed by atoms with Crippen molar-refractivity contribution in [3.63, 3.8) is 0 Å². The van der Waals surface area contributed by atoms with Gasteiger partial charge in [-0.05, 0) is 47.9 Å². The second-order valence-electron chi connectivity index (χ2n) is 8.02. The number of nitrogens with one attached hydrogen (secondary N) is 1. The fraction of sp³-hybridized carbons (Fsp3) is 0.320. The zero-order valence-corrected chi connectivity index (χ0v) is 16.5. The van der Waals surface area contributed by atoms with Crippen LogP contribution in [0.4, 0.5) is 0 Å². The highest BCUT2D eigenvalue weighted by Gasteiger charge is 2.40. The Labute approximate surface area is 171 Å². The molecule has 5 rings (SSSR count). The van der Waals surface area contributed by atoms with Gasteiger partial charge in [0.15, 0.2) is 0 Å². The Kier molecular flexibility index (Phi) is 5.04. The quantitative estimate of drug-likeness (QED) is 0.719. The fourth-order valence-corrected chi connectivity index (χ4v) is 4.74. The minimum Gasteiger partial charge on any atom is -0.355 e. The summed E-state index contributed by atoms with van der Waals surface area (Å²) in [6.07, 6.45) is 3.15. The molecule has 2 heterocycles. The van der Waals surface area contributed by atoms with Gasteiger partial charge in [-0.15, -0.1) is 0 Å². The lowest BCUT2D eigenvalue weighted by Gasteiger charge is -2.48. The van der Waals surface area contributed by atoms with Crippen molar-refractivity contribution in [2.75, 3.05) is 13.2 Å². The van der Waals surface area contributed by atoms with E-state index in [9.17, 15) is 4.79 Å². The van der Waals surface area contributed by atoms with Crippen molar-refractivity contribution in [2.24, 2.45) is 0 Å². The molecule has 0 aromatic heterocycles. The molecule has 1 amide bonds. The maximum atomic E-state index is 13.0. The number of morpholine rings is 1. The Morgan fingerprint density at radius 2 is 1.72 bits per heavy atom. The normalized spacial score (nSPS) is 24.8. The maximum Gasteiger partial charge on any atom is 0.253 e. The molecule has 4 heteroatoms. The minimum atomic E-state index is -0.269. The predicted octanol–water partition coefficient (Wildman–Crippen LogP) is 4.52. The van der Waals surface area contributed by atoms with Gasteiger partial charge in [0, 0.05) is 5.56 Å². The third-order valence-electron chi connectivity index (χ3n) is 6.24. The second kappa shape index (κ2) is 7.97. The molecular formula is C25H26N2O2. The van der Waals surface area contributed by atoms with Gasteiger partial charge in [0.05, 0.1) is 18.7 Å². The van der Waals surface area contributed by atoms with Crippen LogP contribution < -0.4 is 5.32 Å². The summed E-state index contributed by atoms with van der Waals surface area (Å²) in [5.41, 5.74) is 1.97. The summed E-state index contributed by atoms with van der Waals surface area (Å²) in [6, 6.07) is 25.0. The molecule has 0 spiro atoms. The third-order valence-corrected chi connectivity index (χ3v) is 6.24. The van der Waals surface area contributed by atoms with Crippen LogP contribution in [-0.4, -0.2) is 36.2 Å². The van der Waals surface area contributed by atoms with Crippen LogP contribution in [0.5, 0.6) is 0 Å². The van der Waals surface area contributed by atoms with E-state index in [1.54, 1.807) is 0 Å². The molecule has 3 unspecified atom stereocenters. The summed E-state index contributed by atoms with van der Waals surface area (Å²) in [7, 11) is 0. The lowest BCUT2D eigenvalue weighted by atomic mass is 9.93. The number of fused-ring (bicyclic) bond motifs is 2. The Hall–Kier alpha value is -2.69. The number of carbonyl (C=O) groups is 1. The fourth-order valence-electron chi connectivity index (χ4n) is 4.74. The van der Waals surface area contributed by atoms with Crippen LogP contribution in [-0.2, 0) is 4.74 Å². The number of piperidine rings is 1. The van der Waals surface area contributed by atoms with Gasteiger partial charge in [-0.25, -0.2) is 0 Å². The van der Waals surface area contributed by atoms with Crippen LogP contribution in [0.3, 0.4) is 0 Å². The number of rotatable bonds is 3. The predicted molar refractivity (Wildman–Crippen MR) is 115 cm³/mol. The molecule has 1 N–H and O–H groups in total. The van der Waals surface area contributed by atoms with E-state index in [1.165, 1.54) is 18.4 Å². The van der Waals surface area contributed by atoms with Gasteiger partial charge >= 0.3 is 0 Å². The highest BCUT2D eigenvalue weighted by atomic mass is 16.5. The molecule has 148 valence electrons. The molecule has 0 aliphatic carbocycles. The first-order valence-electron chi connectivity index (χ1n) is 10.5. The number of ether oxygens (including phenoxy) is 1. The molecule has 3 aromatic carbocycles. The average molecular weight is 386 g/mol. The Bertz CT molecular complexity index is 1000. The second-order valence-corrected chi connectivity index (χ2v) is 8.02. The van der Waals surface area contributed by atoms with Crippen LogP contribution in [0.1, 0.15) is 41.2 Å². The van der Waals surface area contributed by atoms with E-state index in [4.69, 9.17) is 4.74 Å². The van der Waals surface area contributed by atoms with Crippen LogP contribution in [0.2, 0.25) is 0 Å². The van der Waals surface area contributed by atoms with Crippen molar-refractivity contribution in [1.82, 2.24) is 10.2 Å². The number of nitrogens with zero attached hydrogens (tertiary/aromatic N) is 1. The van der Waals surface area contributed by atoms with Crippen molar-refractivity contribution >= 4 is 16.7 Å². The smallest absolute Gasteiger partial charge is 0.253 e. The number of benzene rings is 3.